The Kier molecular flexibility index (Phi) is 6.95. The number of pyridine rings is 2. The molecular formula is C24H20F6N4O4. The standard InChI is InChI=1S/C24H20F6N4O4/c1-10(2)21(24(28,29)30)32-23(38)14-9-34(19-15(26)5-11(25)6-16(19)27)22-13(20(14)37)3-4-17(31-22)33-8-12(35)7-18(33)36/h3-6,9-10,12,21,35H,7-8H2,1-2H3,(H,32,38)/t12-,21?/m0/s1. The maximum absolute atomic E-state index is 14.8. The molecule has 1 saturated heterocycles. The van der Waals surface area contributed by atoms with Gasteiger partial charge < -0.3 is 10.4 Å². The lowest BCUT2D eigenvalue weighted by atomic mass is 10.0. The number of nitrogens with one attached hydrogen (secondary N) is 1. The highest BCUT2D eigenvalue weighted by Crippen LogP contribution is 2.28. The second-order valence-corrected chi connectivity index (χ2v) is 9.10. The van der Waals surface area contributed by atoms with E-state index in [4.69, 9.17) is 0 Å². The van der Waals surface area contributed by atoms with Crippen molar-refractivity contribution < 1.29 is 41.0 Å². The van der Waals surface area contributed by atoms with Crippen molar-refractivity contribution in [2.75, 3.05) is 11.4 Å². The lowest BCUT2D eigenvalue weighted by Crippen LogP contribution is -2.49. The number of benzene rings is 1. The average Bonchev–Trinajstić information content (AvgIpc) is 3.14. The average molecular weight is 542 g/mol. The van der Waals surface area contributed by atoms with Gasteiger partial charge in [0.2, 0.25) is 11.3 Å². The van der Waals surface area contributed by atoms with Crippen LogP contribution in [-0.2, 0) is 4.79 Å². The topological polar surface area (TPSA) is 105 Å². The normalized spacial score (nSPS) is 16.9. The van der Waals surface area contributed by atoms with Crippen molar-refractivity contribution in [3.8, 4) is 5.69 Å². The zero-order valence-corrected chi connectivity index (χ0v) is 19.8. The summed E-state index contributed by atoms with van der Waals surface area (Å²) in [6.07, 6.45) is -5.49. The largest absolute Gasteiger partial charge is 0.408 e. The van der Waals surface area contributed by atoms with Crippen molar-refractivity contribution in [3.63, 3.8) is 0 Å². The minimum atomic E-state index is -4.86. The second-order valence-electron chi connectivity index (χ2n) is 9.10. The highest BCUT2D eigenvalue weighted by Gasteiger charge is 2.43. The van der Waals surface area contributed by atoms with Gasteiger partial charge in [-0.15, -0.1) is 0 Å². The first-order valence-electron chi connectivity index (χ1n) is 11.3. The summed E-state index contributed by atoms with van der Waals surface area (Å²) in [5, 5.41) is 11.1. The van der Waals surface area contributed by atoms with E-state index in [-0.39, 0.29) is 18.8 Å². The summed E-state index contributed by atoms with van der Waals surface area (Å²) in [4.78, 5) is 43.4. The second kappa shape index (κ2) is 9.74. The Balaban J connectivity index is 1.96. The highest BCUT2D eigenvalue weighted by molar-refractivity contribution is 5.99. The van der Waals surface area contributed by atoms with E-state index < -0.39 is 81.2 Å². The van der Waals surface area contributed by atoms with Crippen molar-refractivity contribution in [1.82, 2.24) is 14.9 Å². The minimum absolute atomic E-state index is 0.107. The molecule has 0 aliphatic carbocycles. The van der Waals surface area contributed by atoms with Crippen LogP contribution in [0.15, 0.2) is 35.3 Å². The van der Waals surface area contributed by atoms with E-state index in [1.807, 2.05) is 0 Å². The fourth-order valence-corrected chi connectivity index (χ4v) is 4.20. The first-order valence-corrected chi connectivity index (χ1v) is 11.3. The van der Waals surface area contributed by atoms with Crippen LogP contribution >= 0.6 is 0 Å². The fourth-order valence-electron chi connectivity index (χ4n) is 4.20. The van der Waals surface area contributed by atoms with Crippen LogP contribution in [-0.4, -0.2) is 51.3 Å². The van der Waals surface area contributed by atoms with Gasteiger partial charge in [-0.3, -0.25) is 23.9 Å². The van der Waals surface area contributed by atoms with Gasteiger partial charge in [0.15, 0.2) is 17.3 Å². The minimum Gasteiger partial charge on any atom is -0.391 e. The Morgan fingerprint density at radius 2 is 1.76 bits per heavy atom. The Labute approximate surface area is 210 Å². The molecule has 202 valence electrons. The number of halogens is 6. The molecule has 0 spiro atoms. The van der Waals surface area contributed by atoms with Crippen molar-refractivity contribution in [1.29, 1.82) is 0 Å². The molecule has 0 bridgehead atoms. The summed E-state index contributed by atoms with van der Waals surface area (Å²) in [5.41, 5.74) is -3.44. The molecule has 0 radical (unpaired) electrons. The van der Waals surface area contributed by atoms with Crippen molar-refractivity contribution in [2.24, 2.45) is 5.92 Å². The molecule has 2 amide bonds. The van der Waals surface area contributed by atoms with E-state index in [0.29, 0.717) is 22.9 Å². The van der Waals surface area contributed by atoms with Gasteiger partial charge in [-0.2, -0.15) is 13.2 Å². The number of carbonyl (C=O) groups excluding carboxylic acids is 2. The van der Waals surface area contributed by atoms with Crippen LogP contribution in [0.1, 0.15) is 30.6 Å². The summed E-state index contributed by atoms with van der Waals surface area (Å²) >= 11 is 0. The number of carbonyl (C=O) groups is 2. The molecule has 8 nitrogen and oxygen atoms in total. The third-order valence-corrected chi connectivity index (χ3v) is 5.99. The molecule has 3 heterocycles. The molecule has 2 atom stereocenters. The number of fused-ring (bicyclic) bond motifs is 1. The van der Waals surface area contributed by atoms with Gasteiger partial charge in [0.05, 0.1) is 24.5 Å². The van der Waals surface area contributed by atoms with Crippen LogP contribution in [0.5, 0.6) is 0 Å². The quantitative estimate of drug-likeness (QED) is 0.482. The lowest BCUT2D eigenvalue weighted by molar-refractivity contribution is -0.162. The van der Waals surface area contributed by atoms with E-state index in [1.54, 1.807) is 5.32 Å². The van der Waals surface area contributed by atoms with Crippen LogP contribution < -0.4 is 15.6 Å². The molecule has 3 aromatic rings. The summed E-state index contributed by atoms with van der Waals surface area (Å²) < 4.78 is 84.1. The van der Waals surface area contributed by atoms with Gasteiger partial charge in [0.1, 0.15) is 28.9 Å². The van der Waals surface area contributed by atoms with Crippen LogP contribution in [0, 0.1) is 23.4 Å². The maximum atomic E-state index is 14.8. The fraction of sp³-hybridized carbons (Fsp3) is 0.333. The maximum Gasteiger partial charge on any atom is 0.408 e. The number of alkyl halides is 3. The summed E-state index contributed by atoms with van der Waals surface area (Å²) in [6.45, 7) is 2.24. The van der Waals surface area contributed by atoms with E-state index >= 15 is 0 Å². The third kappa shape index (κ3) is 4.95. The SMILES string of the molecule is CC(C)C(NC(=O)c1cn(-c2c(F)cc(F)cc2F)c2nc(N3C[C@@H](O)CC3=O)ccc2c1=O)C(F)(F)F. The zero-order chi connectivity index (χ0) is 28.1. The molecule has 1 fully saturated rings. The van der Waals surface area contributed by atoms with Crippen LogP contribution in [0.2, 0.25) is 0 Å². The number of amides is 2. The van der Waals surface area contributed by atoms with Crippen LogP contribution in [0.25, 0.3) is 16.7 Å². The third-order valence-electron chi connectivity index (χ3n) is 5.99. The molecule has 14 heteroatoms. The van der Waals surface area contributed by atoms with E-state index in [1.165, 1.54) is 19.9 Å². The first kappa shape index (κ1) is 27.1. The number of hydrogen-bond donors (Lipinski definition) is 2. The number of rotatable bonds is 5. The van der Waals surface area contributed by atoms with Gasteiger partial charge in [0, 0.05) is 18.3 Å². The van der Waals surface area contributed by atoms with Gasteiger partial charge in [0.25, 0.3) is 5.91 Å². The molecule has 2 aromatic heterocycles. The monoisotopic (exact) mass is 542 g/mol. The number of anilines is 1. The van der Waals surface area contributed by atoms with Crippen molar-refractivity contribution in [2.45, 2.75) is 38.6 Å². The van der Waals surface area contributed by atoms with Crippen LogP contribution in [0.3, 0.4) is 0 Å². The number of nitrogens with zero attached hydrogens (tertiary/aromatic N) is 3. The molecule has 1 aliphatic rings. The summed E-state index contributed by atoms with van der Waals surface area (Å²) in [7, 11) is 0. The molecule has 4 rings (SSSR count). The molecule has 1 unspecified atom stereocenters. The Morgan fingerprint density at radius 3 is 2.29 bits per heavy atom. The molecule has 0 saturated carbocycles. The molecule has 1 aliphatic heterocycles. The number of β-amino-alcohol motifs (C(OH)–C–C–N with tert-alkyl or cyclic N) is 1. The highest BCUT2D eigenvalue weighted by atomic mass is 19.4. The lowest BCUT2D eigenvalue weighted by Gasteiger charge is -2.25. The Morgan fingerprint density at radius 1 is 1.13 bits per heavy atom. The van der Waals surface area contributed by atoms with Crippen molar-refractivity contribution in [3.05, 3.63) is 63.7 Å². The first-order chi connectivity index (χ1) is 17.7. The molecule has 38 heavy (non-hydrogen) atoms. The van der Waals surface area contributed by atoms with E-state index in [9.17, 15) is 45.8 Å². The Bertz CT molecular complexity index is 1480. The summed E-state index contributed by atoms with van der Waals surface area (Å²) in [5.74, 6) is -7.42. The number of aromatic nitrogens is 2. The zero-order valence-electron chi connectivity index (χ0n) is 19.8. The number of aliphatic hydroxyl groups is 1. The van der Waals surface area contributed by atoms with E-state index in [2.05, 4.69) is 4.98 Å². The molecule has 2 N–H and O–H groups in total. The number of hydrogen-bond acceptors (Lipinski definition) is 5. The van der Waals surface area contributed by atoms with E-state index in [0.717, 1.165) is 11.0 Å². The summed E-state index contributed by atoms with van der Waals surface area (Å²) in [6, 6.07) is 0.561. The predicted octanol–water partition coefficient (Wildman–Crippen LogP) is 3.22. The van der Waals surface area contributed by atoms with Gasteiger partial charge in [-0.1, -0.05) is 13.8 Å². The van der Waals surface area contributed by atoms with Gasteiger partial charge >= 0.3 is 6.18 Å². The van der Waals surface area contributed by atoms with Crippen molar-refractivity contribution >= 4 is 28.7 Å². The van der Waals surface area contributed by atoms with Gasteiger partial charge in [-0.25, -0.2) is 18.2 Å². The number of aliphatic hydroxyl groups excluding tert-OH is 1. The Hall–Kier alpha value is -3.94. The molecule has 1 aromatic carbocycles. The van der Waals surface area contributed by atoms with Crippen LogP contribution in [0.4, 0.5) is 32.2 Å². The smallest absolute Gasteiger partial charge is 0.391 e. The predicted molar refractivity (Wildman–Crippen MR) is 122 cm³/mol. The molecular weight excluding hydrogens is 522 g/mol. The van der Waals surface area contributed by atoms with Gasteiger partial charge in [-0.05, 0) is 18.1 Å².